The summed E-state index contributed by atoms with van der Waals surface area (Å²) >= 11 is 0. The minimum Gasteiger partial charge on any atom is -0.342 e. The Bertz CT molecular complexity index is 583. The van der Waals surface area contributed by atoms with Gasteiger partial charge in [0.2, 0.25) is 5.91 Å². The van der Waals surface area contributed by atoms with Gasteiger partial charge in [0.25, 0.3) is 0 Å². The van der Waals surface area contributed by atoms with Crippen molar-refractivity contribution >= 4 is 5.91 Å². The van der Waals surface area contributed by atoms with Crippen molar-refractivity contribution in [2.45, 2.75) is 38.4 Å². The van der Waals surface area contributed by atoms with Crippen molar-refractivity contribution in [3.63, 3.8) is 0 Å². The fourth-order valence-electron chi connectivity index (χ4n) is 2.50. The van der Waals surface area contributed by atoms with Crippen LogP contribution in [0.25, 0.3) is 0 Å². The number of hydrogen-bond acceptors (Lipinski definition) is 2. The number of hydrogen-bond donors (Lipinski definition) is 0. The van der Waals surface area contributed by atoms with E-state index in [1.165, 1.54) is 0 Å². The molecule has 0 unspecified atom stereocenters. The van der Waals surface area contributed by atoms with Gasteiger partial charge in [-0.05, 0) is 31.9 Å². The van der Waals surface area contributed by atoms with E-state index >= 15 is 0 Å². The Balaban J connectivity index is 1.75. The summed E-state index contributed by atoms with van der Waals surface area (Å²) in [6, 6.07) is 4.15. The van der Waals surface area contributed by atoms with Crippen molar-refractivity contribution in [1.29, 1.82) is 0 Å². The molecule has 1 aliphatic rings. The first-order valence-corrected chi connectivity index (χ1v) is 7.05. The van der Waals surface area contributed by atoms with Gasteiger partial charge in [-0.15, -0.1) is 0 Å². The predicted molar refractivity (Wildman–Crippen MR) is 75.9 cm³/mol. The number of aryl methyl sites for hydroxylation is 1. The molecule has 1 fully saturated rings. The van der Waals surface area contributed by atoms with Crippen molar-refractivity contribution in [2.24, 2.45) is 7.05 Å². The Morgan fingerprint density at radius 1 is 1.45 bits per heavy atom. The number of rotatable bonds is 5. The highest BCUT2D eigenvalue weighted by molar-refractivity contribution is 5.80. The zero-order valence-electron chi connectivity index (χ0n) is 11.9. The third-order valence-corrected chi connectivity index (χ3v) is 3.81. The molecule has 1 saturated carbocycles. The Morgan fingerprint density at radius 2 is 2.15 bits per heavy atom. The maximum absolute atomic E-state index is 12.7. The van der Waals surface area contributed by atoms with Gasteiger partial charge in [-0.2, -0.15) is 5.10 Å². The molecule has 0 N–H and O–H groups in total. The number of carbonyl (C=O) groups excluding carboxylic acids is 1. The van der Waals surface area contributed by atoms with Gasteiger partial charge in [0.05, 0.1) is 6.20 Å². The lowest BCUT2D eigenvalue weighted by atomic mass is 10.2. The lowest BCUT2D eigenvalue weighted by Gasteiger charge is -2.26. The highest BCUT2D eigenvalue weighted by atomic mass is 16.2. The standard InChI is InChI=1S/C15H20N4O/c1-12(18-7-3-4-8-18)15(20)19(14-5-6-14)11-13-9-16-17(2)10-13/h3-4,7-10,12,14H,5-6,11H2,1-2H3/t12-/m0/s1. The van der Waals surface area contributed by atoms with Crippen LogP contribution >= 0.6 is 0 Å². The van der Waals surface area contributed by atoms with E-state index in [1.54, 1.807) is 4.68 Å². The molecule has 0 aromatic carbocycles. The zero-order valence-corrected chi connectivity index (χ0v) is 11.9. The largest absolute Gasteiger partial charge is 0.342 e. The second kappa shape index (κ2) is 5.15. The fraction of sp³-hybridized carbons (Fsp3) is 0.467. The van der Waals surface area contributed by atoms with Gasteiger partial charge >= 0.3 is 0 Å². The molecule has 2 aromatic rings. The van der Waals surface area contributed by atoms with Gasteiger partial charge in [-0.25, -0.2) is 0 Å². The summed E-state index contributed by atoms with van der Waals surface area (Å²) in [5.41, 5.74) is 1.09. The Hall–Kier alpha value is -2.04. The molecule has 2 aromatic heterocycles. The van der Waals surface area contributed by atoms with E-state index < -0.39 is 0 Å². The summed E-state index contributed by atoms with van der Waals surface area (Å²) in [4.78, 5) is 14.7. The summed E-state index contributed by atoms with van der Waals surface area (Å²) in [7, 11) is 1.90. The average Bonchev–Trinajstić information content (AvgIpc) is 2.97. The molecule has 5 nitrogen and oxygen atoms in total. The Kier molecular flexibility index (Phi) is 3.34. The molecule has 0 saturated heterocycles. The smallest absolute Gasteiger partial charge is 0.245 e. The molecule has 0 radical (unpaired) electrons. The average molecular weight is 272 g/mol. The van der Waals surface area contributed by atoms with Crippen LogP contribution in [0, 0.1) is 0 Å². The summed E-state index contributed by atoms with van der Waals surface area (Å²) in [6.07, 6.45) is 9.93. The van der Waals surface area contributed by atoms with E-state index in [2.05, 4.69) is 5.10 Å². The van der Waals surface area contributed by atoms with Crippen molar-refractivity contribution in [3.8, 4) is 0 Å². The number of carbonyl (C=O) groups is 1. The molecule has 0 bridgehead atoms. The van der Waals surface area contributed by atoms with E-state index in [-0.39, 0.29) is 11.9 Å². The topological polar surface area (TPSA) is 43.1 Å². The molecule has 1 atom stereocenters. The van der Waals surface area contributed by atoms with Crippen molar-refractivity contribution in [3.05, 3.63) is 42.5 Å². The minimum atomic E-state index is -0.151. The first-order chi connectivity index (χ1) is 9.65. The number of aromatic nitrogens is 3. The van der Waals surface area contributed by atoms with Gasteiger partial charge in [-0.3, -0.25) is 9.48 Å². The van der Waals surface area contributed by atoms with Crippen molar-refractivity contribution in [2.75, 3.05) is 0 Å². The van der Waals surface area contributed by atoms with Gasteiger partial charge in [0, 0.05) is 43.8 Å². The first kappa shape index (κ1) is 13.0. The van der Waals surface area contributed by atoms with Crippen LogP contribution in [0.1, 0.15) is 31.4 Å². The second-order valence-electron chi connectivity index (χ2n) is 5.53. The molecule has 5 heteroatoms. The SMILES string of the molecule is C[C@@H](C(=O)N(Cc1cnn(C)c1)C1CC1)n1cccc1. The Morgan fingerprint density at radius 3 is 2.70 bits per heavy atom. The number of nitrogens with zero attached hydrogens (tertiary/aromatic N) is 4. The third kappa shape index (κ3) is 2.61. The molecule has 1 amide bonds. The quantitative estimate of drug-likeness (QED) is 0.835. The molecular formula is C15H20N4O. The van der Waals surface area contributed by atoms with E-state index in [0.717, 1.165) is 18.4 Å². The molecule has 1 aliphatic carbocycles. The molecule has 0 spiro atoms. The maximum Gasteiger partial charge on any atom is 0.245 e. The molecule has 20 heavy (non-hydrogen) atoms. The third-order valence-electron chi connectivity index (χ3n) is 3.81. The van der Waals surface area contributed by atoms with Crippen LogP contribution in [0.4, 0.5) is 0 Å². The first-order valence-electron chi connectivity index (χ1n) is 7.05. The fourth-order valence-corrected chi connectivity index (χ4v) is 2.50. The molecule has 2 heterocycles. The van der Waals surface area contributed by atoms with Crippen LogP contribution in [-0.4, -0.2) is 31.2 Å². The summed E-state index contributed by atoms with van der Waals surface area (Å²) in [5.74, 6) is 0.188. The molecule has 106 valence electrons. The zero-order chi connectivity index (χ0) is 14.1. The van der Waals surface area contributed by atoms with E-state index in [0.29, 0.717) is 12.6 Å². The summed E-state index contributed by atoms with van der Waals surface area (Å²) < 4.78 is 3.74. The van der Waals surface area contributed by atoms with Crippen LogP contribution in [0.5, 0.6) is 0 Å². The summed E-state index contributed by atoms with van der Waals surface area (Å²) in [6.45, 7) is 2.61. The van der Waals surface area contributed by atoms with Crippen LogP contribution in [0.3, 0.4) is 0 Å². The molecule has 3 rings (SSSR count). The van der Waals surface area contributed by atoms with Crippen LogP contribution < -0.4 is 0 Å². The van der Waals surface area contributed by atoms with Crippen LogP contribution in [0.15, 0.2) is 36.9 Å². The summed E-state index contributed by atoms with van der Waals surface area (Å²) in [5, 5.41) is 4.18. The maximum atomic E-state index is 12.7. The lowest BCUT2D eigenvalue weighted by Crippen LogP contribution is -2.37. The molecular weight excluding hydrogens is 252 g/mol. The van der Waals surface area contributed by atoms with Gasteiger partial charge < -0.3 is 9.47 Å². The van der Waals surface area contributed by atoms with Crippen molar-refractivity contribution in [1.82, 2.24) is 19.2 Å². The Labute approximate surface area is 118 Å². The monoisotopic (exact) mass is 272 g/mol. The van der Waals surface area contributed by atoms with Crippen LogP contribution in [-0.2, 0) is 18.4 Å². The van der Waals surface area contributed by atoms with Gasteiger partial charge in [-0.1, -0.05) is 0 Å². The predicted octanol–water partition coefficient (Wildman–Crippen LogP) is 1.97. The number of amides is 1. The van der Waals surface area contributed by atoms with E-state index in [1.807, 2.05) is 60.4 Å². The van der Waals surface area contributed by atoms with Crippen molar-refractivity contribution < 1.29 is 4.79 Å². The normalized spacial score (nSPS) is 16.1. The lowest BCUT2D eigenvalue weighted by molar-refractivity contribution is -0.135. The highest BCUT2D eigenvalue weighted by Crippen LogP contribution is 2.30. The minimum absolute atomic E-state index is 0.151. The van der Waals surface area contributed by atoms with Gasteiger partial charge in [0.15, 0.2) is 0 Å². The van der Waals surface area contributed by atoms with E-state index in [9.17, 15) is 4.79 Å². The van der Waals surface area contributed by atoms with E-state index in [4.69, 9.17) is 0 Å². The van der Waals surface area contributed by atoms with Crippen LogP contribution in [0.2, 0.25) is 0 Å². The second-order valence-corrected chi connectivity index (χ2v) is 5.53. The molecule has 0 aliphatic heterocycles. The van der Waals surface area contributed by atoms with Gasteiger partial charge in [0.1, 0.15) is 6.04 Å². The highest BCUT2D eigenvalue weighted by Gasteiger charge is 2.35.